The van der Waals surface area contributed by atoms with E-state index < -0.39 is 0 Å². The summed E-state index contributed by atoms with van der Waals surface area (Å²) in [7, 11) is 0. The lowest BCUT2D eigenvalue weighted by atomic mass is 9.95. The molecule has 1 saturated heterocycles. The van der Waals surface area contributed by atoms with Crippen molar-refractivity contribution in [2.24, 2.45) is 11.8 Å². The fourth-order valence-corrected chi connectivity index (χ4v) is 1.27. The van der Waals surface area contributed by atoms with Crippen LogP contribution in [0.3, 0.4) is 0 Å². The van der Waals surface area contributed by atoms with Crippen LogP contribution < -0.4 is 0 Å². The van der Waals surface area contributed by atoms with Gasteiger partial charge in [-0.2, -0.15) is 0 Å². The number of aliphatic hydroxyl groups is 1. The molecule has 1 unspecified atom stereocenters. The van der Waals surface area contributed by atoms with E-state index in [-0.39, 0.29) is 6.61 Å². The van der Waals surface area contributed by atoms with E-state index in [9.17, 15) is 0 Å². The van der Waals surface area contributed by atoms with Crippen molar-refractivity contribution in [1.82, 2.24) is 0 Å². The van der Waals surface area contributed by atoms with E-state index in [0.29, 0.717) is 11.8 Å². The van der Waals surface area contributed by atoms with E-state index in [4.69, 9.17) is 9.84 Å². The van der Waals surface area contributed by atoms with Crippen LogP contribution in [0.1, 0.15) is 13.3 Å². The summed E-state index contributed by atoms with van der Waals surface area (Å²) in [6.07, 6.45) is 1.12. The Labute approximate surface area is 55.8 Å². The number of aliphatic hydroxyl groups excluding tert-OH is 1. The molecule has 0 aliphatic carbocycles. The molecule has 0 bridgehead atoms. The maximum atomic E-state index is 8.73. The molecule has 1 aliphatic heterocycles. The summed E-state index contributed by atoms with van der Waals surface area (Å²) in [6.45, 7) is 4.06. The van der Waals surface area contributed by atoms with E-state index in [2.05, 4.69) is 6.92 Å². The van der Waals surface area contributed by atoms with Gasteiger partial charge in [0.05, 0.1) is 6.61 Å². The highest BCUT2D eigenvalue weighted by molar-refractivity contribution is 4.66. The lowest BCUT2D eigenvalue weighted by molar-refractivity contribution is 0.000938. The third-order valence-electron chi connectivity index (χ3n) is 1.75. The normalized spacial score (nSPS) is 36.7. The van der Waals surface area contributed by atoms with Crippen LogP contribution in [0.4, 0.5) is 0 Å². The second kappa shape index (κ2) is 3.18. The molecule has 1 fully saturated rings. The van der Waals surface area contributed by atoms with Crippen molar-refractivity contribution in [2.75, 3.05) is 19.8 Å². The van der Waals surface area contributed by atoms with Gasteiger partial charge in [-0.15, -0.1) is 0 Å². The van der Waals surface area contributed by atoms with Gasteiger partial charge in [0.15, 0.2) is 0 Å². The minimum absolute atomic E-state index is 0.282. The van der Waals surface area contributed by atoms with Gasteiger partial charge in [-0.25, -0.2) is 0 Å². The largest absolute Gasteiger partial charge is 0.396 e. The Kier molecular flexibility index (Phi) is 2.49. The number of hydrogen-bond donors (Lipinski definition) is 1. The van der Waals surface area contributed by atoms with Gasteiger partial charge in [-0.1, -0.05) is 6.92 Å². The second-order valence-corrected chi connectivity index (χ2v) is 2.93. The molecule has 54 valence electrons. The van der Waals surface area contributed by atoms with E-state index in [1.54, 1.807) is 0 Å². The summed E-state index contributed by atoms with van der Waals surface area (Å²) >= 11 is 0. The van der Waals surface area contributed by atoms with Crippen molar-refractivity contribution in [3.63, 3.8) is 0 Å². The van der Waals surface area contributed by atoms with E-state index in [0.717, 1.165) is 19.6 Å². The molecule has 0 aromatic carbocycles. The highest BCUT2D eigenvalue weighted by Gasteiger charge is 2.17. The SMILES string of the molecule is C[C@@H]1COCC(CO)C1. The predicted molar refractivity (Wildman–Crippen MR) is 35.2 cm³/mol. The third kappa shape index (κ3) is 1.95. The number of rotatable bonds is 1. The Bertz CT molecular complexity index is 83.0. The topological polar surface area (TPSA) is 29.5 Å². The van der Waals surface area contributed by atoms with Crippen LogP contribution in [-0.4, -0.2) is 24.9 Å². The Morgan fingerprint density at radius 3 is 2.78 bits per heavy atom. The minimum atomic E-state index is 0.282. The number of ether oxygens (including phenoxy) is 1. The smallest absolute Gasteiger partial charge is 0.0516 e. The van der Waals surface area contributed by atoms with Crippen LogP contribution in [-0.2, 0) is 4.74 Å². The van der Waals surface area contributed by atoms with E-state index in [1.807, 2.05) is 0 Å². The van der Waals surface area contributed by atoms with Gasteiger partial charge in [-0.05, 0) is 12.3 Å². The van der Waals surface area contributed by atoms with Gasteiger partial charge in [0.2, 0.25) is 0 Å². The Balaban J connectivity index is 2.23. The van der Waals surface area contributed by atoms with Crippen LogP contribution in [0.25, 0.3) is 0 Å². The summed E-state index contributed by atoms with van der Waals surface area (Å²) in [6, 6.07) is 0. The molecule has 1 rings (SSSR count). The van der Waals surface area contributed by atoms with Gasteiger partial charge < -0.3 is 9.84 Å². The minimum Gasteiger partial charge on any atom is -0.396 e. The van der Waals surface area contributed by atoms with Gasteiger partial charge in [0.1, 0.15) is 0 Å². The average molecular weight is 130 g/mol. The third-order valence-corrected chi connectivity index (χ3v) is 1.75. The highest BCUT2D eigenvalue weighted by Crippen LogP contribution is 2.17. The first-order valence-corrected chi connectivity index (χ1v) is 3.51. The molecule has 0 radical (unpaired) electrons. The Morgan fingerprint density at radius 2 is 2.33 bits per heavy atom. The molecule has 1 N–H and O–H groups in total. The van der Waals surface area contributed by atoms with Crippen LogP contribution in [0, 0.1) is 11.8 Å². The van der Waals surface area contributed by atoms with Crippen molar-refractivity contribution in [3.05, 3.63) is 0 Å². The van der Waals surface area contributed by atoms with Crippen LogP contribution in [0.5, 0.6) is 0 Å². The Hall–Kier alpha value is -0.0800. The summed E-state index contributed by atoms with van der Waals surface area (Å²) in [5, 5.41) is 8.73. The molecule has 2 nitrogen and oxygen atoms in total. The molecule has 0 amide bonds. The maximum Gasteiger partial charge on any atom is 0.0516 e. The molecule has 0 spiro atoms. The maximum absolute atomic E-state index is 8.73. The zero-order valence-electron chi connectivity index (χ0n) is 5.84. The van der Waals surface area contributed by atoms with Crippen LogP contribution >= 0.6 is 0 Å². The molecule has 1 aliphatic rings. The molecule has 2 heteroatoms. The first kappa shape index (κ1) is 7.03. The monoisotopic (exact) mass is 130 g/mol. The zero-order valence-corrected chi connectivity index (χ0v) is 5.84. The quantitative estimate of drug-likeness (QED) is 0.564. The summed E-state index contributed by atoms with van der Waals surface area (Å²) in [5.41, 5.74) is 0. The van der Waals surface area contributed by atoms with Crippen LogP contribution in [0.2, 0.25) is 0 Å². The van der Waals surface area contributed by atoms with Crippen molar-refractivity contribution >= 4 is 0 Å². The molecule has 9 heavy (non-hydrogen) atoms. The second-order valence-electron chi connectivity index (χ2n) is 2.93. The van der Waals surface area contributed by atoms with E-state index >= 15 is 0 Å². The molecule has 0 aromatic heterocycles. The highest BCUT2D eigenvalue weighted by atomic mass is 16.5. The fraction of sp³-hybridized carbons (Fsp3) is 1.00. The lowest BCUT2D eigenvalue weighted by Crippen LogP contribution is -2.25. The summed E-state index contributed by atoms with van der Waals surface area (Å²) in [4.78, 5) is 0. The summed E-state index contributed by atoms with van der Waals surface area (Å²) in [5.74, 6) is 1.03. The molecule has 1 heterocycles. The Morgan fingerprint density at radius 1 is 1.56 bits per heavy atom. The van der Waals surface area contributed by atoms with Crippen molar-refractivity contribution < 1.29 is 9.84 Å². The molecule has 0 saturated carbocycles. The van der Waals surface area contributed by atoms with Crippen molar-refractivity contribution in [3.8, 4) is 0 Å². The molecule has 2 atom stereocenters. The predicted octanol–water partition coefficient (Wildman–Crippen LogP) is 0.651. The van der Waals surface area contributed by atoms with Crippen LogP contribution in [0.15, 0.2) is 0 Å². The molecular weight excluding hydrogens is 116 g/mol. The standard InChI is InChI=1S/C7H14O2/c1-6-2-7(3-8)5-9-4-6/h6-8H,2-5H2,1H3/t6-,7?/m0/s1. The summed E-state index contributed by atoms with van der Waals surface area (Å²) < 4.78 is 5.23. The van der Waals surface area contributed by atoms with E-state index in [1.165, 1.54) is 0 Å². The van der Waals surface area contributed by atoms with Gasteiger partial charge >= 0.3 is 0 Å². The fourth-order valence-electron chi connectivity index (χ4n) is 1.27. The molecule has 0 aromatic rings. The van der Waals surface area contributed by atoms with Crippen molar-refractivity contribution in [2.45, 2.75) is 13.3 Å². The number of hydrogen-bond acceptors (Lipinski definition) is 2. The lowest BCUT2D eigenvalue weighted by Gasteiger charge is -2.25. The first-order chi connectivity index (χ1) is 4.33. The molecular formula is C7H14O2. The van der Waals surface area contributed by atoms with Gasteiger partial charge in [0.25, 0.3) is 0 Å². The van der Waals surface area contributed by atoms with Gasteiger partial charge in [-0.3, -0.25) is 0 Å². The van der Waals surface area contributed by atoms with Gasteiger partial charge in [0, 0.05) is 19.1 Å². The van der Waals surface area contributed by atoms with Crippen molar-refractivity contribution in [1.29, 1.82) is 0 Å². The average Bonchev–Trinajstić information content (AvgIpc) is 1.88. The zero-order chi connectivity index (χ0) is 6.69. The first-order valence-electron chi connectivity index (χ1n) is 3.51.